The van der Waals surface area contributed by atoms with Crippen molar-refractivity contribution in [2.24, 2.45) is 7.05 Å². The average molecular weight is 838 g/mol. The van der Waals surface area contributed by atoms with Crippen LogP contribution in [0.4, 0.5) is 30.5 Å². The standard InChI is InChI=1S/C23H25F3N4O3.C20H21N7O/c1-12(14-6-15(23(24,25)26)8-16(27)7-14)28-22-18-9-21(33-17-4-5-32-11-17)20(31-3)10-19(18)29-13(2)30-22;1-13-12-28-10-9-27(13)18-11-15(17-5-8-23-26(17)2)14-3-6-21-20(19(14)24-18)16-4-7-22-25-16/h6-10,12,17H,4-5,11,27H2,1-3H3,(H,28,29,30);3-8,11,13H,9-10,12H2,1-2H3,(H,22,25). The number of methoxy groups -OCH3 is 1. The van der Waals surface area contributed by atoms with E-state index in [0.717, 1.165) is 64.5 Å². The van der Waals surface area contributed by atoms with E-state index in [-0.39, 0.29) is 17.8 Å². The van der Waals surface area contributed by atoms with Gasteiger partial charge in [0.05, 0.1) is 68.1 Å². The number of nitrogen functional groups attached to an aromatic ring is 1. The Bertz CT molecular complexity index is 2650. The van der Waals surface area contributed by atoms with E-state index < -0.39 is 17.8 Å². The zero-order chi connectivity index (χ0) is 42.8. The van der Waals surface area contributed by atoms with Crippen molar-refractivity contribution in [3.63, 3.8) is 0 Å². The van der Waals surface area contributed by atoms with E-state index in [1.165, 1.54) is 6.07 Å². The largest absolute Gasteiger partial charge is 0.493 e. The molecule has 7 heterocycles. The average Bonchev–Trinajstić information content (AvgIpc) is 4.05. The topological polar surface area (TPSA) is 176 Å². The molecule has 18 heteroatoms. The molecule has 318 valence electrons. The van der Waals surface area contributed by atoms with E-state index in [9.17, 15) is 13.2 Å². The molecule has 61 heavy (non-hydrogen) atoms. The molecule has 15 nitrogen and oxygen atoms in total. The molecule has 0 aliphatic carbocycles. The van der Waals surface area contributed by atoms with E-state index in [0.29, 0.717) is 66.0 Å². The van der Waals surface area contributed by atoms with Gasteiger partial charge in [0.15, 0.2) is 11.5 Å². The van der Waals surface area contributed by atoms with Gasteiger partial charge in [0.1, 0.15) is 34.8 Å². The number of aromatic nitrogens is 8. The van der Waals surface area contributed by atoms with Crippen LogP contribution in [0.2, 0.25) is 0 Å². The summed E-state index contributed by atoms with van der Waals surface area (Å²) in [6.07, 6.45) is 1.55. The normalized spacial score (nSPS) is 17.3. The first-order chi connectivity index (χ1) is 29.4. The van der Waals surface area contributed by atoms with Gasteiger partial charge >= 0.3 is 6.18 Å². The van der Waals surface area contributed by atoms with Gasteiger partial charge in [-0.3, -0.25) is 14.8 Å². The molecule has 2 fully saturated rings. The molecule has 7 aromatic rings. The number of hydrogen-bond donors (Lipinski definition) is 3. The molecule has 0 bridgehead atoms. The summed E-state index contributed by atoms with van der Waals surface area (Å²) in [5.41, 5.74) is 10.6. The monoisotopic (exact) mass is 837 g/mol. The van der Waals surface area contributed by atoms with Crippen molar-refractivity contribution in [2.45, 2.75) is 51.6 Å². The van der Waals surface area contributed by atoms with Crippen LogP contribution < -0.4 is 25.4 Å². The Balaban J connectivity index is 0.000000170. The number of pyridine rings is 2. The van der Waals surface area contributed by atoms with Crippen molar-refractivity contribution >= 4 is 39.1 Å². The Morgan fingerprint density at radius 3 is 2.49 bits per heavy atom. The quantitative estimate of drug-likeness (QED) is 0.122. The molecule has 0 spiro atoms. The SMILES string of the molecule is CC1COCCN1c1cc(-c2ccnn2C)c2ccnc(-c3ccn[nH]3)c2n1.COc1cc2nc(C)nc(NC(C)c3cc(N)cc(C(F)(F)F)c3)c2cc1OC1CCOC1. The third-order valence-corrected chi connectivity index (χ3v) is 10.7. The van der Waals surface area contributed by atoms with Gasteiger partial charge in [-0.25, -0.2) is 15.0 Å². The van der Waals surface area contributed by atoms with Crippen LogP contribution >= 0.6 is 0 Å². The van der Waals surface area contributed by atoms with Crippen molar-refractivity contribution in [1.82, 2.24) is 39.9 Å². The lowest BCUT2D eigenvalue weighted by atomic mass is 10.0. The number of aryl methyl sites for hydroxylation is 2. The van der Waals surface area contributed by atoms with Gasteiger partial charge in [-0.2, -0.15) is 23.4 Å². The molecule has 2 saturated heterocycles. The lowest BCUT2D eigenvalue weighted by Gasteiger charge is -2.34. The van der Waals surface area contributed by atoms with Crippen molar-refractivity contribution in [3.05, 3.63) is 90.1 Å². The summed E-state index contributed by atoms with van der Waals surface area (Å²) >= 11 is 0. The number of alkyl halides is 3. The molecule has 2 aliphatic heterocycles. The second-order valence-electron chi connectivity index (χ2n) is 15.0. The predicted molar refractivity (Wildman–Crippen MR) is 226 cm³/mol. The fourth-order valence-electron chi connectivity index (χ4n) is 7.57. The van der Waals surface area contributed by atoms with E-state index in [2.05, 4.69) is 53.5 Å². The third kappa shape index (κ3) is 8.86. The fraction of sp³-hybridized carbons (Fsp3) is 0.349. The Labute approximate surface area is 349 Å². The highest BCUT2D eigenvalue weighted by molar-refractivity contribution is 6.01. The van der Waals surface area contributed by atoms with Crippen molar-refractivity contribution in [2.75, 3.05) is 56.0 Å². The zero-order valence-electron chi connectivity index (χ0n) is 34.3. The molecule has 3 atom stereocenters. The minimum absolute atomic E-state index is 0.0383. The lowest BCUT2D eigenvalue weighted by Crippen LogP contribution is -2.44. The van der Waals surface area contributed by atoms with E-state index in [4.69, 9.17) is 29.7 Å². The van der Waals surface area contributed by atoms with Crippen LogP contribution in [0, 0.1) is 6.92 Å². The van der Waals surface area contributed by atoms with Gasteiger partial charge in [-0.15, -0.1) is 0 Å². The minimum atomic E-state index is -4.49. The number of halogens is 3. The number of rotatable bonds is 9. The molecule has 3 unspecified atom stereocenters. The van der Waals surface area contributed by atoms with E-state index >= 15 is 0 Å². The number of anilines is 3. The zero-order valence-corrected chi connectivity index (χ0v) is 34.3. The first-order valence-corrected chi connectivity index (χ1v) is 19.8. The fourth-order valence-corrected chi connectivity index (χ4v) is 7.57. The third-order valence-electron chi connectivity index (χ3n) is 10.7. The van der Waals surface area contributed by atoms with E-state index in [1.807, 2.05) is 42.3 Å². The maximum atomic E-state index is 13.3. The molecule has 0 radical (unpaired) electrons. The van der Waals surface area contributed by atoms with Crippen molar-refractivity contribution < 1.29 is 32.1 Å². The number of hydrogen-bond acceptors (Lipinski definition) is 13. The molecule has 0 saturated carbocycles. The predicted octanol–water partition coefficient (Wildman–Crippen LogP) is 7.53. The van der Waals surface area contributed by atoms with Gasteiger partial charge < -0.3 is 34.9 Å². The maximum absolute atomic E-state index is 13.3. The van der Waals surface area contributed by atoms with Crippen LogP contribution in [0.3, 0.4) is 0 Å². The van der Waals surface area contributed by atoms with Crippen molar-refractivity contribution in [3.8, 4) is 34.1 Å². The number of benzene rings is 2. The Kier molecular flexibility index (Phi) is 11.6. The molecular formula is C43H46F3N11O4. The molecule has 5 aromatic heterocycles. The summed E-state index contributed by atoms with van der Waals surface area (Å²) in [5, 5.41) is 16.4. The van der Waals surface area contributed by atoms with E-state index in [1.54, 1.807) is 39.3 Å². The summed E-state index contributed by atoms with van der Waals surface area (Å²) in [5.74, 6) is 2.94. The van der Waals surface area contributed by atoms with Crippen LogP contribution in [0.5, 0.6) is 11.5 Å². The number of morpholine rings is 1. The van der Waals surface area contributed by atoms with Crippen molar-refractivity contribution in [1.29, 1.82) is 0 Å². The minimum Gasteiger partial charge on any atom is -0.493 e. The highest BCUT2D eigenvalue weighted by atomic mass is 19.4. The first kappa shape index (κ1) is 41.2. The highest BCUT2D eigenvalue weighted by Gasteiger charge is 2.32. The number of nitrogens with one attached hydrogen (secondary N) is 2. The Hall–Kier alpha value is -6.53. The van der Waals surface area contributed by atoms with Gasteiger partial charge in [0, 0.05) is 66.7 Å². The number of ether oxygens (including phenoxy) is 4. The summed E-state index contributed by atoms with van der Waals surface area (Å²) in [4.78, 5) is 20.9. The van der Waals surface area contributed by atoms with Gasteiger partial charge in [-0.05, 0) is 74.9 Å². The molecule has 0 amide bonds. The second kappa shape index (κ2) is 17.2. The number of fused-ring (bicyclic) bond motifs is 2. The number of aromatic amines is 1. The summed E-state index contributed by atoms with van der Waals surface area (Å²) in [6, 6.07) is 14.9. The molecule has 9 rings (SSSR count). The lowest BCUT2D eigenvalue weighted by molar-refractivity contribution is -0.137. The van der Waals surface area contributed by atoms with Crippen LogP contribution in [0.25, 0.3) is 44.5 Å². The number of nitrogens with two attached hydrogens (primary N) is 1. The van der Waals surface area contributed by atoms with Crippen LogP contribution in [-0.2, 0) is 22.7 Å². The molecule has 2 aromatic carbocycles. The molecule has 2 aliphatic rings. The molecule has 4 N–H and O–H groups in total. The summed E-state index contributed by atoms with van der Waals surface area (Å²) in [7, 11) is 3.50. The van der Waals surface area contributed by atoms with Crippen LogP contribution in [0.1, 0.15) is 43.3 Å². The second-order valence-corrected chi connectivity index (χ2v) is 15.0. The Morgan fingerprint density at radius 1 is 0.951 bits per heavy atom. The van der Waals surface area contributed by atoms with Gasteiger partial charge in [0.25, 0.3) is 0 Å². The highest BCUT2D eigenvalue weighted by Crippen LogP contribution is 2.39. The molecular weight excluding hydrogens is 792 g/mol. The Morgan fingerprint density at radius 2 is 1.79 bits per heavy atom. The summed E-state index contributed by atoms with van der Waals surface area (Å²) < 4.78 is 64.2. The first-order valence-electron chi connectivity index (χ1n) is 19.8. The van der Waals surface area contributed by atoms with Crippen LogP contribution in [0.15, 0.2) is 73.2 Å². The maximum Gasteiger partial charge on any atom is 0.416 e. The van der Waals surface area contributed by atoms with Gasteiger partial charge in [-0.1, -0.05) is 0 Å². The van der Waals surface area contributed by atoms with Gasteiger partial charge in [0.2, 0.25) is 0 Å². The van der Waals surface area contributed by atoms with Crippen LogP contribution in [-0.4, -0.2) is 92.1 Å². The summed E-state index contributed by atoms with van der Waals surface area (Å²) in [6.45, 7) is 8.97. The number of nitrogens with zero attached hydrogens (tertiary/aromatic N) is 8. The smallest absolute Gasteiger partial charge is 0.416 e. The number of H-pyrrole nitrogens is 1.